The third-order valence-corrected chi connectivity index (χ3v) is 2.62. The monoisotopic (exact) mass is 189 g/mol. The second-order valence-electron chi connectivity index (χ2n) is 3.55. The summed E-state index contributed by atoms with van der Waals surface area (Å²) in [6.45, 7) is 0.724. The maximum Gasteiger partial charge on any atom is 0.122 e. The number of ether oxygens (including phenoxy) is 1. The van der Waals surface area contributed by atoms with Gasteiger partial charge in [0.2, 0.25) is 0 Å². The molecule has 74 valence electrons. The lowest BCUT2D eigenvalue weighted by Crippen LogP contribution is -2.00. The Morgan fingerprint density at radius 3 is 3.00 bits per heavy atom. The second kappa shape index (κ2) is 3.84. The van der Waals surface area contributed by atoms with E-state index in [0.717, 1.165) is 25.1 Å². The molecule has 0 heterocycles. The van der Waals surface area contributed by atoms with E-state index >= 15 is 0 Å². The minimum atomic E-state index is 0.724. The minimum absolute atomic E-state index is 0.724. The maximum atomic E-state index is 5.54. The summed E-state index contributed by atoms with van der Waals surface area (Å²) in [6, 6.07) is 6.17. The van der Waals surface area contributed by atoms with Crippen LogP contribution in [0.4, 0.5) is 0 Å². The molecule has 2 nitrogen and oxygen atoms in total. The Morgan fingerprint density at radius 2 is 2.29 bits per heavy atom. The number of hydrogen-bond donors (Lipinski definition) is 1. The van der Waals surface area contributed by atoms with Crippen molar-refractivity contribution in [1.82, 2.24) is 0 Å². The van der Waals surface area contributed by atoms with Gasteiger partial charge in [-0.25, -0.2) is 0 Å². The third-order valence-electron chi connectivity index (χ3n) is 2.62. The fraction of sp³-hybridized carbons (Fsp3) is 0.333. The molecule has 0 saturated heterocycles. The fourth-order valence-corrected chi connectivity index (χ4v) is 1.94. The van der Waals surface area contributed by atoms with Gasteiger partial charge >= 0.3 is 0 Å². The summed E-state index contributed by atoms with van der Waals surface area (Å²) >= 11 is 0. The molecule has 0 aromatic heterocycles. The molecule has 0 spiro atoms. The molecule has 2 N–H and O–H groups in total. The highest BCUT2D eigenvalue weighted by molar-refractivity contribution is 5.67. The highest BCUT2D eigenvalue weighted by Gasteiger charge is 2.15. The van der Waals surface area contributed by atoms with Crippen molar-refractivity contribution in [3.63, 3.8) is 0 Å². The van der Waals surface area contributed by atoms with E-state index in [-0.39, 0.29) is 0 Å². The first kappa shape index (κ1) is 9.28. The first-order valence-electron chi connectivity index (χ1n) is 4.90. The molecule has 2 heteroatoms. The van der Waals surface area contributed by atoms with Gasteiger partial charge in [0.25, 0.3) is 0 Å². The number of benzene rings is 1. The van der Waals surface area contributed by atoms with E-state index in [1.165, 1.54) is 16.7 Å². The molecule has 14 heavy (non-hydrogen) atoms. The van der Waals surface area contributed by atoms with Gasteiger partial charge in [-0.15, -0.1) is 0 Å². The zero-order valence-corrected chi connectivity index (χ0v) is 8.42. The van der Waals surface area contributed by atoms with Crippen molar-refractivity contribution in [2.45, 2.75) is 12.8 Å². The van der Waals surface area contributed by atoms with Crippen molar-refractivity contribution in [2.75, 3.05) is 13.7 Å². The van der Waals surface area contributed by atoms with Crippen LogP contribution in [0, 0.1) is 0 Å². The summed E-state index contributed by atoms with van der Waals surface area (Å²) in [7, 11) is 1.72. The predicted octanol–water partition coefficient (Wildman–Crippen LogP) is 1.98. The Balaban J connectivity index is 2.29. The zero-order valence-electron chi connectivity index (χ0n) is 8.42. The van der Waals surface area contributed by atoms with E-state index < -0.39 is 0 Å². The highest BCUT2D eigenvalue weighted by atomic mass is 16.5. The number of rotatable bonds is 3. The molecule has 1 aliphatic carbocycles. The van der Waals surface area contributed by atoms with E-state index in [4.69, 9.17) is 10.5 Å². The summed E-state index contributed by atoms with van der Waals surface area (Å²) in [5, 5.41) is 0. The Bertz CT molecular complexity index is 369. The quantitative estimate of drug-likeness (QED) is 0.789. The summed E-state index contributed by atoms with van der Waals surface area (Å²) < 4.78 is 5.32. The fourth-order valence-electron chi connectivity index (χ4n) is 1.94. The van der Waals surface area contributed by atoms with Crippen LogP contribution in [-0.4, -0.2) is 13.7 Å². The zero-order chi connectivity index (χ0) is 9.97. The van der Waals surface area contributed by atoms with Crippen LogP contribution in [0.1, 0.15) is 17.5 Å². The molecule has 0 unspecified atom stereocenters. The largest absolute Gasteiger partial charge is 0.496 e. The van der Waals surface area contributed by atoms with Crippen molar-refractivity contribution in [3.05, 3.63) is 34.9 Å². The van der Waals surface area contributed by atoms with E-state index in [0.29, 0.717) is 0 Å². The van der Waals surface area contributed by atoms with E-state index in [9.17, 15) is 0 Å². The Hall–Kier alpha value is -1.28. The summed E-state index contributed by atoms with van der Waals surface area (Å²) in [5.74, 6) is 0.991. The van der Waals surface area contributed by atoms with Gasteiger partial charge in [-0.2, -0.15) is 0 Å². The average molecular weight is 189 g/mol. The van der Waals surface area contributed by atoms with E-state index in [2.05, 4.69) is 12.1 Å². The van der Waals surface area contributed by atoms with Crippen molar-refractivity contribution >= 4 is 6.08 Å². The highest BCUT2D eigenvalue weighted by Crippen LogP contribution is 2.33. The lowest BCUT2D eigenvalue weighted by molar-refractivity contribution is 0.410. The van der Waals surface area contributed by atoms with Crippen LogP contribution in [-0.2, 0) is 6.42 Å². The van der Waals surface area contributed by atoms with Crippen LogP contribution in [0.5, 0.6) is 5.75 Å². The Morgan fingerprint density at radius 1 is 1.43 bits per heavy atom. The van der Waals surface area contributed by atoms with Gasteiger partial charge in [-0.1, -0.05) is 23.8 Å². The van der Waals surface area contributed by atoms with Crippen molar-refractivity contribution < 1.29 is 4.74 Å². The summed E-state index contributed by atoms with van der Waals surface area (Å²) in [4.78, 5) is 0. The number of methoxy groups -OCH3 is 1. The molecule has 2 rings (SSSR count). The first-order chi connectivity index (χ1) is 6.85. The minimum Gasteiger partial charge on any atom is -0.496 e. The van der Waals surface area contributed by atoms with Crippen LogP contribution in [0.2, 0.25) is 0 Å². The van der Waals surface area contributed by atoms with Gasteiger partial charge in [-0.3, -0.25) is 0 Å². The topological polar surface area (TPSA) is 35.2 Å². The first-order valence-corrected chi connectivity index (χ1v) is 4.90. The van der Waals surface area contributed by atoms with Gasteiger partial charge in [0, 0.05) is 5.56 Å². The van der Waals surface area contributed by atoms with Gasteiger partial charge in [0.1, 0.15) is 5.75 Å². The van der Waals surface area contributed by atoms with E-state index in [1.54, 1.807) is 7.11 Å². The lowest BCUT2D eigenvalue weighted by Gasteiger charge is -2.06. The van der Waals surface area contributed by atoms with Crippen LogP contribution in [0.3, 0.4) is 0 Å². The Kier molecular flexibility index (Phi) is 2.55. The summed E-state index contributed by atoms with van der Waals surface area (Å²) in [6.07, 6.45) is 4.21. The van der Waals surface area contributed by atoms with Gasteiger partial charge < -0.3 is 10.5 Å². The molecule has 0 aliphatic heterocycles. The molecule has 0 atom stereocenters. The normalized spacial score (nSPS) is 13.7. The standard InChI is InChI=1S/C12H15NO/c1-14-12-4-2-3-10-7-9(5-6-13)8-11(10)12/h2-4,7H,5-6,8,13H2,1H3. The summed E-state index contributed by atoms with van der Waals surface area (Å²) in [5.41, 5.74) is 9.54. The van der Waals surface area contributed by atoms with Crippen LogP contribution >= 0.6 is 0 Å². The molecule has 0 radical (unpaired) electrons. The lowest BCUT2D eigenvalue weighted by atomic mass is 10.1. The number of nitrogens with two attached hydrogens (primary N) is 1. The maximum absolute atomic E-state index is 5.54. The van der Waals surface area contributed by atoms with Gasteiger partial charge in [0.05, 0.1) is 7.11 Å². The third kappa shape index (κ3) is 1.53. The predicted molar refractivity (Wildman–Crippen MR) is 58.3 cm³/mol. The molecule has 1 aliphatic rings. The van der Waals surface area contributed by atoms with Crippen molar-refractivity contribution in [1.29, 1.82) is 0 Å². The molecular weight excluding hydrogens is 174 g/mol. The molecule has 0 bridgehead atoms. The second-order valence-corrected chi connectivity index (χ2v) is 3.55. The molecular formula is C12H15NO. The SMILES string of the molecule is COc1cccc2c1CC(CCN)=C2. The molecule has 0 fully saturated rings. The Labute approximate surface area is 84.4 Å². The number of hydrogen-bond acceptors (Lipinski definition) is 2. The van der Waals surface area contributed by atoms with Crippen molar-refractivity contribution in [3.8, 4) is 5.75 Å². The van der Waals surface area contributed by atoms with Gasteiger partial charge in [0.15, 0.2) is 0 Å². The average Bonchev–Trinajstić information content (AvgIpc) is 2.60. The number of fused-ring (bicyclic) bond motifs is 1. The smallest absolute Gasteiger partial charge is 0.122 e. The van der Waals surface area contributed by atoms with Gasteiger partial charge in [-0.05, 0) is 31.0 Å². The van der Waals surface area contributed by atoms with Crippen LogP contribution in [0.15, 0.2) is 23.8 Å². The molecule has 0 saturated carbocycles. The van der Waals surface area contributed by atoms with Crippen molar-refractivity contribution in [2.24, 2.45) is 5.73 Å². The van der Waals surface area contributed by atoms with Crippen LogP contribution < -0.4 is 10.5 Å². The molecule has 1 aromatic carbocycles. The van der Waals surface area contributed by atoms with Crippen LogP contribution in [0.25, 0.3) is 6.08 Å². The van der Waals surface area contributed by atoms with E-state index in [1.807, 2.05) is 12.1 Å². The molecule has 1 aromatic rings. The molecule has 0 amide bonds.